The normalized spacial score (nSPS) is 38.8. The number of carbonyl (C=O) groups excluding carboxylic acids is 1. The van der Waals surface area contributed by atoms with Gasteiger partial charge in [0.15, 0.2) is 5.78 Å². The first kappa shape index (κ1) is 13.8. The number of Topliss-reactive ketones (excluding diaryl/α,β-unsaturated/α-hetero) is 1. The molecule has 2 atom stereocenters. The summed E-state index contributed by atoms with van der Waals surface area (Å²) in [5, 5.41) is 20.1. The Hall–Kier alpha value is -0.670. The number of aliphatic hydroxyl groups is 2. The Morgan fingerprint density at radius 2 is 2.00 bits per heavy atom. The second-order valence-electron chi connectivity index (χ2n) is 6.61. The minimum absolute atomic E-state index is 0.0368. The zero-order valence-corrected chi connectivity index (χ0v) is 11.6. The Morgan fingerprint density at radius 1 is 1.33 bits per heavy atom. The van der Waals surface area contributed by atoms with Gasteiger partial charge in [0, 0.05) is 5.41 Å². The summed E-state index contributed by atoms with van der Waals surface area (Å²) in [6, 6.07) is 0. The third kappa shape index (κ3) is 1.60. The van der Waals surface area contributed by atoms with Crippen LogP contribution in [0, 0.1) is 10.8 Å². The summed E-state index contributed by atoms with van der Waals surface area (Å²) in [5.74, 6) is -0.103. The lowest BCUT2D eigenvalue weighted by atomic mass is 9.55. The van der Waals surface area contributed by atoms with E-state index in [-0.39, 0.29) is 23.2 Å². The number of ketones is 1. The fraction of sp³-hybridized carbons (Fsp3) is 0.800. The van der Waals surface area contributed by atoms with E-state index < -0.39 is 5.60 Å². The average Bonchev–Trinajstić information content (AvgIpc) is 2.53. The molecule has 0 aliphatic heterocycles. The minimum Gasteiger partial charge on any atom is -0.392 e. The molecule has 0 radical (unpaired) electrons. The molecule has 0 aromatic carbocycles. The molecule has 18 heavy (non-hydrogen) atoms. The molecule has 1 fully saturated rings. The van der Waals surface area contributed by atoms with Gasteiger partial charge in [-0.1, -0.05) is 19.9 Å². The molecule has 0 bridgehead atoms. The van der Waals surface area contributed by atoms with E-state index in [1.54, 1.807) is 0 Å². The van der Waals surface area contributed by atoms with Crippen LogP contribution in [0.3, 0.4) is 0 Å². The molecule has 0 amide bonds. The Kier molecular flexibility index (Phi) is 3.19. The second kappa shape index (κ2) is 4.17. The molecule has 0 aromatic rings. The van der Waals surface area contributed by atoms with Gasteiger partial charge in [0.25, 0.3) is 0 Å². The highest BCUT2D eigenvalue weighted by Crippen LogP contribution is 2.64. The predicted octanol–water partition coefficient (Wildman–Crippen LogP) is 2.22. The maximum Gasteiger partial charge on any atom is 0.161 e. The zero-order valence-electron chi connectivity index (χ0n) is 11.6. The molecule has 0 heterocycles. The first-order valence-electron chi connectivity index (χ1n) is 6.81. The van der Waals surface area contributed by atoms with Crippen molar-refractivity contribution in [3.05, 3.63) is 11.6 Å². The van der Waals surface area contributed by atoms with E-state index in [2.05, 4.69) is 13.8 Å². The van der Waals surface area contributed by atoms with Gasteiger partial charge in [0.2, 0.25) is 0 Å². The molecule has 3 nitrogen and oxygen atoms in total. The number of hydrogen-bond donors (Lipinski definition) is 2. The Labute approximate surface area is 109 Å². The largest absolute Gasteiger partial charge is 0.392 e. The molecule has 2 unspecified atom stereocenters. The summed E-state index contributed by atoms with van der Waals surface area (Å²) in [7, 11) is 0. The average molecular weight is 252 g/mol. The fourth-order valence-corrected chi connectivity index (χ4v) is 4.08. The molecule has 3 heteroatoms. The molecular weight excluding hydrogens is 228 g/mol. The molecule has 2 N–H and O–H groups in total. The van der Waals surface area contributed by atoms with Crippen LogP contribution < -0.4 is 0 Å². The van der Waals surface area contributed by atoms with Gasteiger partial charge in [-0.15, -0.1) is 0 Å². The van der Waals surface area contributed by atoms with Gasteiger partial charge < -0.3 is 10.2 Å². The van der Waals surface area contributed by atoms with E-state index in [4.69, 9.17) is 0 Å². The summed E-state index contributed by atoms with van der Waals surface area (Å²) in [4.78, 5) is 12.0. The van der Waals surface area contributed by atoms with Crippen molar-refractivity contribution in [2.45, 2.75) is 58.5 Å². The highest BCUT2D eigenvalue weighted by molar-refractivity contribution is 5.86. The van der Waals surface area contributed by atoms with Crippen molar-refractivity contribution in [1.82, 2.24) is 0 Å². The van der Waals surface area contributed by atoms with Crippen LogP contribution in [-0.4, -0.2) is 28.2 Å². The van der Waals surface area contributed by atoms with Crippen LogP contribution in [0.15, 0.2) is 11.6 Å². The van der Waals surface area contributed by atoms with Crippen LogP contribution in [0.2, 0.25) is 0 Å². The third-order valence-electron chi connectivity index (χ3n) is 5.60. The van der Waals surface area contributed by atoms with Crippen molar-refractivity contribution in [2.75, 3.05) is 6.61 Å². The summed E-state index contributed by atoms with van der Waals surface area (Å²) < 4.78 is 0. The van der Waals surface area contributed by atoms with E-state index in [1.165, 1.54) is 6.92 Å². The van der Waals surface area contributed by atoms with Crippen LogP contribution >= 0.6 is 0 Å². The molecule has 2 aliphatic rings. The Bertz CT molecular complexity index is 397. The van der Waals surface area contributed by atoms with Crippen molar-refractivity contribution in [3.8, 4) is 0 Å². The number of allylic oxidation sites excluding steroid dienone is 1. The molecule has 1 saturated carbocycles. The number of rotatable bonds is 2. The SMILES string of the molecule is CC(=O)C1(O)CCC(C)(C)C12CC=C(CO)CC2. The van der Waals surface area contributed by atoms with E-state index in [9.17, 15) is 15.0 Å². The van der Waals surface area contributed by atoms with Crippen LogP contribution in [-0.2, 0) is 4.79 Å². The molecule has 0 saturated heterocycles. The maximum absolute atomic E-state index is 12.0. The molecule has 2 aliphatic carbocycles. The van der Waals surface area contributed by atoms with Crippen molar-refractivity contribution in [2.24, 2.45) is 10.8 Å². The molecule has 102 valence electrons. The van der Waals surface area contributed by atoms with Crippen LogP contribution in [0.1, 0.15) is 52.9 Å². The van der Waals surface area contributed by atoms with Crippen molar-refractivity contribution in [3.63, 3.8) is 0 Å². The van der Waals surface area contributed by atoms with Gasteiger partial charge in [-0.25, -0.2) is 0 Å². The summed E-state index contributed by atoms with van der Waals surface area (Å²) in [6.45, 7) is 5.92. The summed E-state index contributed by atoms with van der Waals surface area (Å²) in [6.07, 6.45) is 5.76. The number of hydrogen-bond acceptors (Lipinski definition) is 3. The highest BCUT2D eigenvalue weighted by Gasteiger charge is 2.64. The number of aliphatic hydroxyl groups excluding tert-OH is 1. The first-order valence-corrected chi connectivity index (χ1v) is 6.81. The summed E-state index contributed by atoms with van der Waals surface area (Å²) in [5.41, 5.74) is -0.544. The number of carbonyl (C=O) groups is 1. The Balaban J connectivity index is 2.44. The van der Waals surface area contributed by atoms with E-state index >= 15 is 0 Å². The van der Waals surface area contributed by atoms with Crippen LogP contribution in [0.4, 0.5) is 0 Å². The fourth-order valence-electron chi connectivity index (χ4n) is 4.08. The zero-order chi connectivity index (χ0) is 13.6. The van der Waals surface area contributed by atoms with Crippen LogP contribution in [0.25, 0.3) is 0 Å². The van der Waals surface area contributed by atoms with E-state index in [1.807, 2.05) is 6.08 Å². The van der Waals surface area contributed by atoms with E-state index in [0.717, 1.165) is 24.8 Å². The second-order valence-corrected chi connectivity index (χ2v) is 6.61. The van der Waals surface area contributed by atoms with Crippen molar-refractivity contribution >= 4 is 5.78 Å². The lowest BCUT2D eigenvalue weighted by Gasteiger charge is -2.50. The first-order chi connectivity index (χ1) is 8.29. The third-order valence-corrected chi connectivity index (χ3v) is 5.60. The van der Waals surface area contributed by atoms with Gasteiger partial charge in [0.05, 0.1) is 6.61 Å². The van der Waals surface area contributed by atoms with Crippen molar-refractivity contribution in [1.29, 1.82) is 0 Å². The molecular formula is C15H24O3. The molecule has 1 spiro atoms. The van der Waals surface area contributed by atoms with Crippen LogP contribution in [0.5, 0.6) is 0 Å². The highest BCUT2D eigenvalue weighted by atomic mass is 16.3. The monoisotopic (exact) mass is 252 g/mol. The van der Waals surface area contributed by atoms with Gasteiger partial charge in [0.1, 0.15) is 5.60 Å². The topological polar surface area (TPSA) is 57.5 Å². The lowest BCUT2D eigenvalue weighted by molar-refractivity contribution is -0.156. The lowest BCUT2D eigenvalue weighted by Crippen LogP contribution is -2.55. The summed E-state index contributed by atoms with van der Waals surface area (Å²) >= 11 is 0. The van der Waals surface area contributed by atoms with E-state index in [0.29, 0.717) is 12.8 Å². The predicted molar refractivity (Wildman–Crippen MR) is 70.1 cm³/mol. The van der Waals surface area contributed by atoms with Gasteiger partial charge >= 0.3 is 0 Å². The standard InChI is InChI=1S/C15H24O3/c1-11(17)15(18)9-8-13(2,3)14(15)6-4-12(10-16)5-7-14/h4,16,18H,5-10H2,1-3H3. The van der Waals surface area contributed by atoms with Gasteiger partial charge in [-0.05, 0) is 50.0 Å². The van der Waals surface area contributed by atoms with Crippen molar-refractivity contribution < 1.29 is 15.0 Å². The molecule has 0 aromatic heterocycles. The molecule has 2 rings (SSSR count). The Morgan fingerprint density at radius 3 is 2.44 bits per heavy atom. The van der Waals surface area contributed by atoms with Gasteiger partial charge in [-0.3, -0.25) is 4.79 Å². The quantitative estimate of drug-likeness (QED) is 0.741. The van der Waals surface area contributed by atoms with Gasteiger partial charge in [-0.2, -0.15) is 0 Å². The minimum atomic E-state index is -1.19. The smallest absolute Gasteiger partial charge is 0.161 e. The maximum atomic E-state index is 12.0.